The van der Waals surface area contributed by atoms with Crippen LogP contribution in [0.3, 0.4) is 0 Å². The number of ether oxygens (including phenoxy) is 1. The lowest BCUT2D eigenvalue weighted by Crippen LogP contribution is -2.51. The van der Waals surface area contributed by atoms with Crippen LogP contribution in [0.4, 0.5) is 5.69 Å². The number of hydrogen-bond acceptors (Lipinski definition) is 3. The van der Waals surface area contributed by atoms with Gasteiger partial charge in [0.1, 0.15) is 34.8 Å². The Morgan fingerprint density at radius 1 is 0.689 bits per heavy atom. The lowest BCUT2D eigenvalue weighted by Gasteiger charge is -2.33. The normalized spacial score (nSPS) is 14.3. The molecule has 1 heterocycles. The molecule has 0 spiro atoms. The Labute approximate surface area is 273 Å². The molecular formula is C38H43ClN2O3P+. The zero-order valence-corrected chi connectivity index (χ0v) is 27.5. The maximum Gasteiger partial charge on any atom is 0.262 e. The van der Waals surface area contributed by atoms with Gasteiger partial charge >= 0.3 is 0 Å². The summed E-state index contributed by atoms with van der Waals surface area (Å²) in [5.74, 6) is -0.0481. The number of carbonyl (C=O) groups is 2. The summed E-state index contributed by atoms with van der Waals surface area (Å²) < 4.78 is 5.91. The second kappa shape index (κ2) is 16.6. The fourth-order valence-corrected chi connectivity index (χ4v) is 10.8. The van der Waals surface area contributed by atoms with Crippen molar-refractivity contribution in [2.45, 2.75) is 51.0 Å². The van der Waals surface area contributed by atoms with Gasteiger partial charge in [0.25, 0.3) is 5.91 Å². The highest BCUT2D eigenvalue weighted by molar-refractivity contribution is 7.95. The van der Waals surface area contributed by atoms with E-state index in [-0.39, 0.29) is 24.2 Å². The summed E-state index contributed by atoms with van der Waals surface area (Å²) in [6.07, 6.45) is 8.37. The number of halogens is 1. The highest BCUT2D eigenvalue weighted by Crippen LogP contribution is 2.56. The van der Waals surface area contributed by atoms with Crippen LogP contribution >= 0.6 is 18.9 Å². The van der Waals surface area contributed by atoms with Gasteiger partial charge in [0.15, 0.2) is 6.10 Å². The summed E-state index contributed by atoms with van der Waals surface area (Å²) in [5, 5.41) is 7.35. The molecule has 4 aromatic rings. The largest absolute Gasteiger partial charge is 0.477 e. The van der Waals surface area contributed by atoms with Crippen LogP contribution in [-0.2, 0) is 9.59 Å². The second-order valence-electron chi connectivity index (χ2n) is 11.5. The molecule has 0 radical (unpaired) electrons. The highest BCUT2D eigenvalue weighted by atomic mass is 35.5. The minimum Gasteiger partial charge on any atom is -0.477 e. The van der Waals surface area contributed by atoms with E-state index in [9.17, 15) is 9.59 Å². The van der Waals surface area contributed by atoms with Crippen LogP contribution in [0.1, 0.15) is 44.9 Å². The van der Waals surface area contributed by atoms with E-state index in [0.29, 0.717) is 18.0 Å². The first-order valence-electron chi connectivity index (χ1n) is 16.1. The molecule has 1 unspecified atom stereocenters. The molecule has 45 heavy (non-hydrogen) atoms. The average molecular weight is 642 g/mol. The summed E-state index contributed by atoms with van der Waals surface area (Å²) >= 11 is 5.82. The van der Waals surface area contributed by atoms with E-state index in [4.69, 9.17) is 16.3 Å². The van der Waals surface area contributed by atoms with Crippen LogP contribution in [0.5, 0.6) is 5.75 Å². The van der Waals surface area contributed by atoms with Crippen molar-refractivity contribution in [2.75, 3.05) is 30.0 Å². The SMILES string of the molecule is O=C(NCCCCCCCCC[P+](c1ccccc1)(c1ccccc1)c1ccccc1)C1CN(C(=O)CCl)c2ccccc2O1. The number of anilines is 1. The molecule has 0 saturated heterocycles. The third-order valence-corrected chi connectivity index (χ3v) is 13.3. The molecule has 5 rings (SSSR count). The highest BCUT2D eigenvalue weighted by Gasteiger charge is 2.44. The maximum atomic E-state index is 12.9. The summed E-state index contributed by atoms with van der Waals surface area (Å²) in [5.41, 5.74) is 0.653. The first-order valence-corrected chi connectivity index (χ1v) is 18.6. The van der Waals surface area contributed by atoms with Gasteiger partial charge in [-0.15, -0.1) is 11.6 Å². The van der Waals surface area contributed by atoms with E-state index in [1.54, 1.807) is 11.0 Å². The van der Waals surface area contributed by atoms with Crippen molar-refractivity contribution in [2.24, 2.45) is 0 Å². The Bertz CT molecular complexity index is 1410. The summed E-state index contributed by atoms with van der Waals surface area (Å²) in [6.45, 7) is 0.763. The van der Waals surface area contributed by atoms with Crippen molar-refractivity contribution in [3.63, 3.8) is 0 Å². The zero-order valence-electron chi connectivity index (χ0n) is 25.8. The number of fused-ring (bicyclic) bond motifs is 1. The van der Waals surface area contributed by atoms with Crippen molar-refractivity contribution in [1.29, 1.82) is 0 Å². The van der Waals surface area contributed by atoms with E-state index in [2.05, 4.69) is 96.3 Å². The van der Waals surface area contributed by atoms with Gasteiger partial charge in [-0.1, -0.05) is 92.4 Å². The van der Waals surface area contributed by atoms with Crippen LogP contribution in [0, 0.1) is 0 Å². The number of carbonyl (C=O) groups excluding carboxylic acids is 2. The summed E-state index contributed by atoms with van der Waals surface area (Å²) in [7, 11) is -1.75. The quantitative estimate of drug-likeness (QED) is 0.0877. The Kier molecular flexibility index (Phi) is 12.1. The molecular weight excluding hydrogens is 599 g/mol. The first kappa shape index (κ1) is 32.7. The minimum atomic E-state index is -1.75. The molecule has 1 aliphatic rings. The Morgan fingerprint density at radius 2 is 1.18 bits per heavy atom. The lowest BCUT2D eigenvalue weighted by atomic mass is 10.1. The summed E-state index contributed by atoms with van der Waals surface area (Å²) in [4.78, 5) is 26.8. The number of hydrogen-bond donors (Lipinski definition) is 1. The van der Waals surface area contributed by atoms with Crippen molar-refractivity contribution < 1.29 is 14.3 Å². The molecule has 2 amide bonds. The van der Waals surface area contributed by atoms with Gasteiger partial charge in [-0.25, -0.2) is 0 Å². The number of unbranched alkanes of at least 4 members (excludes halogenated alkanes) is 6. The number of para-hydroxylation sites is 2. The fraction of sp³-hybridized carbons (Fsp3) is 0.316. The van der Waals surface area contributed by atoms with Gasteiger partial charge in [-0.3, -0.25) is 9.59 Å². The minimum absolute atomic E-state index is 0.141. The molecule has 0 fully saturated rings. The van der Waals surface area contributed by atoms with Gasteiger partial charge in [-0.05, 0) is 67.8 Å². The number of alkyl halides is 1. The summed E-state index contributed by atoms with van der Waals surface area (Å²) in [6, 6.07) is 40.6. The molecule has 7 heteroatoms. The van der Waals surface area contributed by atoms with Gasteiger partial charge in [0, 0.05) is 6.54 Å². The molecule has 1 atom stereocenters. The van der Waals surface area contributed by atoms with E-state index in [0.717, 1.165) is 19.3 Å². The second-order valence-corrected chi connectivity index (χ2v) is 15.4. The molecule has 0 saturated carbocycles. The lowest BCUT2D eigenvalue weighted by molar-refractivity contribution is -0.128. The van der Waals surface area contributed by atoms with Crippen molar-refractivity contribution in [3.05, 3.63) is 115 Å². The first-order chi connectivity index (χ1) is 22.1. The molecule has 0 bridgehead atoms. The van der Waals surface area contributed by atoms with Crippen LogP contribution < -0.4 is 30.9 Å². The number of nitrogens with one attached hydrogen (secondary N) is 1. The van der Waals surface area contributed by atoms with Crippen LogP contribution in [0.2, 0.25) is 0 Å². The molecule has 1 aliphatic heterocycles. The number of rotatable bonds is 15. The Balaban J connectivity index is 1.06. The van der Waals surface area contributed by atoms with Crippen LogP contribution in [0.15, 0.2) is 115 Å². The van der Waals surface area contributed by atoms with Crippen LogP contribution in [-0.4, -0.2) is 43.0 Å². The number of nitrogens with zero attached hydrogens (tertiary/aromatic N) is 1. The van der Waals surface area contributed by atoms with Gasteiger partial charge in [-0.2, -0.15) is 0 Å². The number of benzene rings is 4. The molecule has 234 valence electrons. The van der Waals surface area contributed by atoms with Gasteiger partial charge < -0.3 is 15.0 Å². The monoisotopic (exact) mass is 641 g/mol. The van der Waals surface area contributed by atoms with Gasteiger partial charge in [0.05, 0.1) is 18.4 Å². The molecule has 0 aromatic heterocycles. The third-order valence-electron chi connectivity index (χ3n) is 8.54. The molecule has 4 aromatic carbocycles. The molecule has 0 aliphatic carbocycles. The standard InChI is InChI=1S/C38H42ClN2O3P/c39-29-37(42)41-30-36(44-35-26-16-15-25-34(35)41)38(43)40-27-17-4-2-1-3-5-18-28-45(31-19-9-6-10-20-31,32-21-11-7-12-22-32)33-23-13-8-14-24-33/h6-16,19-26,36H,1-5,17-18,27-30H2/p+1. The molecule has 5 nitrogen and oxygen atoms in total. The average Bonchev–Trinajstić information content (AvgIpc) is 3.11. The van der Waals surface area contributed by atoms with E-state index in [1.807, 2.05) is 18.2 Å². The number of amides is 2. The topological polar surface area (TPSA) is 58.6 Å². The zero-order chi connectivity index (χ0) is 31.3. The Hall–Kier alpha value is -3.66. The predicted molar refractivity (Wildman–Crippen MR) is 189 cm³/mol. The maximum absolute atomic E-state index is 12.9. The van der Waals surface area contributed by atoms with Crippen molar-refractivity contribution in [1.82, 2.24) is 5.32 Å². The van der Waals surface area contributed by atoms with E-state index >= 15 is 0 Å². The van der Waals surface area contributed by atoms with Crippen molar-refractivity contribution >= 4 is 52.3 Å². The van der Waals surface area contributed by atoms with Crippen LogP contribution in [0.25, 0.3) is 0 Å². The van der Waals surface area contributed by atoms with E-state index < -0.39 is 13.4 Å². The Morgan fingerprint density at radius 3 is 1.73 bits per heavy atom. The van der Waals surface area contributed by atoms with E-state index in [1.165, 1.54) is 47.8 Å². The van der Waals surface area contributed by atoms with Crippen molar-refractivity contribution in [3.8, 4) is 5.75 Å². The van der Waals surface area contributed by atoms with Gasteiger partial charge in [0.2, 0.25) is 5.91 Å². The molecule has 1 N–H and O–H groups in total. The fourth-order valence-electron chi connectivity index (χ4n) is 6.24. The smallest absolute Gasteiger partial charge is 0.262 e. The third kappa shape index (κ3) is 8.14. The predicted octanol–water partition coefficient (Wildman–Crippen LogP) is 6.86.